The number of aryl methyl sites for hydroxylation is 1. The van der Waals surface area contributed by atoms with Gasteiger partial charge in [0.15, 0.2) is 12.3 Å². The minimum atomic E-state index is -0.317. The number of pyridine rings is 1. The van der Waals surface area contributed by atoms with Gasteiger partial charge in [0.25, 0.3) is 5.91 Å². The molecule has 8 heteroatoms. The molecule has 0 aliphatic heterocycles. The van der Waals surface area contributed by atoms with E-state index in [0.29, 0.717) is 11.6 Å². The molecule has 0 fully saturated rings. The van der Waals surface area contributed by atoms with Crippen LogP contribution in [0.3, 0.4) is 0 Å². The number of aromatic nitrogens is 3. The number of thiazole rings is 1. The molecule has 3 heterocycles. The largest absolute Gasteiger partial charge is 0.482 e. The third-order valence-corrected chi connectivity index (χ3v) is 5.23. The highest BCUT2D eigenvalue weighted by Gasteiger charge is 2.17. The number of nitrogens with zero attached hydrogens (tertiary/aromatic N) is 3. The second-order valence-electron chi connectivity index (χ2n) is 6.27. The van der Waals surface area contributed by atoms with Crippen LogP contribution in [0, 0.1) is 6.92 Å². The average molecular weight is 394 g/mol. The van der Waals surface area contributed by atoms with Gasteiger partial charge >= 0.3 is 0 Å². The summed E-state index contributed by atoms with van der Waals surface area (Å²) in [5.41, 5.74) is 1.90. The van der Waals surface area contributed by atoms with Gasteiger partial charge in [0.2, 0.25) is 5.89 Å². The maximum absolute atomic E-state index is 12.4. The molecule has 0 spiro atoms. The monoisotopic (exact) mass is 394 g/mol. The molecule has 28 heavy (non-hydrogen) atoms. The number of hydrogen-bond acceptors (Lipinski definition) is 7. The Labute approximate surface area is 165 Å². The lowest BCUT2D eigenvalue weighted by Crippen LogP contribution is -2.26. The van der Waals surface area contributed by atoms with E-state index < -0.39 is 0 Å². The molecule has 1 aromatic carbocycles. The summed E-state index contributed by atoms with van der Waals surface area (Å²) in [5, 5.41) is 6.66. The maximum atomic E-state index is 12.4. The van der Waals surface area contributed by atoms with Gasteiger partial charge < -0.3 is 14.5 Å². The van der Waals surface area contributed by atoms with Crippen molar-refractivity contribution in [1.82, 2.24) is 20.3 Å². The van der Waals surface area contributed by atoms with Crippen LogP contribution in [0.4, 0.5) is 0 Å². The first-order valence-electron chi connectivity index (χ1n) is 8.74. The summed E-state index contributed by atoms with van der Waals surface area (Å²) in [6.45, 7) is 3.90. The summed E-state index contributed by atoms with van der Waals surface area (Å²) >= 11 is 1.51. The highest BCUT2D eigenvalue weighted by Crippen LogP contribution is 2.24. The molecule has 1 unspecified atom stereocenters. The van der Waals surface area contributed by atoms with Gasteiger partial charge in [-0.25, -0.2) is 9.97 Å². The SMILES string of the molecule is Cc1csc(C(C)NC(=O)c2coc(COc3cccc4cccnc34)n2)n1. The van der Waals surface area contributed by atoms with Crippen molar-refractivity contribution in [3.05, 3.63) is 70.5 Å². The van der Waals surface area contributed by atoms with Crippen LogP contribution in [0.1, 0.15) is 40.0 Å². The zero-order valence-electron chi connectivity index (χ0n) is 15.4. The van der Waals surface area contributed by atoms with Crippen molar-refractivity contribution in [2.45, 2.75) is 26.5 Å². The van der Waals surface area contributed by atoms with E-state index in [1.54, 1.807) is 6.20 Å². The van der Waals surface area contributed by atoms with Gasteiger partial charge in [-0.1, -0.05) is 18.2 Å². The smallest absolute Gasteiger partial charge is 0.273 e. The number of para-hydroxylation sites is 1. The highest BCUT2D eigenvalue weighted by atomic mass is 32.1. The summed E-state index contributed by atoms with van der Waals surface area (Å²) in [5.74, 6) is 0.632. The van der Waals surface area contributed by atoms with Gasteiger partial charge in [0, 0.05) is 22.7 Å². The first-order chi connectivity index (χ1) is 13.6. The molecule has 0 saturated carbocycles. The number of amides is 1. The van der Waals surface area contributed by atoms with Gasteiger partial charge in [-0.05, 0) is 26.0 Å². The topological polar surface area (TPSA) is 90.1 Å². The molecule has 7 nitrogen and oxygen atoms in total. The van der Waals surface area contributed by atoms with Crippen LogP contribution in [0.5, 0.6) is 5.75 Å². The predicted molar refractivity (Wildman–Crippen MR) is 105 cm³/mol. The van der Waals surface area contributed by atoms with Gasteiger partial charge in [-0.15, -0.1) is 11.3 Å². The maximum Gasteiger partial charge on any atom is 0.273 e. The third kappa shape index (κ3) is 3.86. The van der Waals surface area contributed by atoms with Crippen LogP contribution in [-0.2, 0) is 6.61 Å². The average Bonchev–Trinajstić information content (AvgIpc) is 3.35. The summed E-state index contributed by atoms with van der Waals surface area (Å²) < 4.78 is 11.2. The van der Waals surface area contributed by atoms with Crippen molar-refractivity contribution in [2.75, 3.05) is 0 Å². The molecular weight excluding hydrogens is 376 g/mol. The molecule has 0 radical (unpaired) electrons. The quantitative estimate of drug-likeness (QED) is 0.530. The fraction of sp³-hybridized carbons (Fsp3) is 0.200. The summed E-state index contributed by atoms with van der Waals surface area (Å²) in [4.78, 5) is 25.3. The van der Waals surface area contributed by atoms with E-state index in [0.717, 1.165) is 21.6 Å². The Kier molecular flexibility index (Phi) is 5.03. The van der Waals surface area contributed by atoms with Crippen LogP contribution in [-0.4, -0.2) is 20.9 Å². The Bertz CT molecular complexity index is 1120. The van der Waals surface area contributed by atoms with Crippen LogP contribution in [0.15, 0.2) is 52.6 Å². The minimum absolute atomic E-state index is 0.101. The van der Waals surface area contributed by atoms with Gasteiger partial charge in [-0.3, -0.25) is 9.78 Å². The van der Waals surface area contributed by atoms with Crippen LogP contribution in [0.2, 0.25) is 0 Å². The van der Waals surface area contributed by atoms with Crippen molar-refractivity contribution in [3.8, 4) is 5.75 Å². The molecular formula is C20H18N4O3S. The Hall–Kier alpha value is -3.26. The normalized spacial score (nSPS) is 12.1. The van der Waals surface area contributed by atoms with Gasteiger partial charge in [0.1, 0.15) is 22.5 Å². The number of nitrogens with one attached hydrogen (secondary N) is 1. The number of ether oxygens (including phenoxy) is 1. The van der Waals surface area contributed by atoms with Crippen LogP contribution >= 0.6 is 11.3 Å². The van der Waals surface area contributed by atoms with Crippen molar-refractivity contribution < 1.29 is 13.9 Å². The molecule has 1 N–H and O–H groups in total. The lowest BCUT2D eigenvalue weighted by Gasteiger charge is -2.09. The van der Waals surface area contributed by atoms with Crippen molar-refractivity contribution in [3.63, 3.8) is 0 Å². The van der Waals surface area contributed by atoms with Crippen molar-refractivity contribution in [1.29, 1.82) is 0 Å². The third-order valence-electron chi connectivity index (χ3n) is 4.09. The minimum Gasteiger partial charge on any atom is -0.482 e. The molecule has 4 aromatic rings. The number of carbonyl (C=O) groups excluding carboxylic acids is 1. The summed E-state index contributed by atoms with van der Waals surface area (Å²) in [6, 6.07) is 9.34. The first kappa shape index (κ1) is 18.1. The van der Waals surface area contributed by atoms with Crippen LogP contribution in [0.25, 0.3) is 10.9 Å². The van der Waals surface area contributed by atoms with Crippen molar-refractivity contribution in [2.24, 2.45) is 0 Å². The number of rotatable bonds is 6. The van der Waals surface area contributed by atoms with Crippen LogP contribution < -0.4 is 10.1 Å². The van der Waals surface area contributed by atoms with Crippen molar-refractivity contribution >= 4 is 28.1 Å². The van der Waals surface area contributed by atoms with E-state index in [2.05, 4.69) is 20.3 Å². The molecule has 1 amide bonds. The Balaban J connectivity index is 1.40. The Morgan fingerprint density at radius 1 is 1.29 bits per heavy atom. The zero-order chi connectivity index (χ0) is 19.5. The van der Waals surface area contributed by atoms with E-state index in [4.69, 9.17) is 9.15 Å². The first-order valence-corrected chi connectivity index (χ1v) is 9.62. The number of fused-ring (bicyclic) bond motifs is 1. The number of oxazole rings is 1. The molecule has 0 aliphatic rings. The lowest BCUT2D eigenvalue weighted by atomic mass is 10.2. The summed E-state index contributed by atoms with van der Waals surface area (Å²) in [7, 11) is 0. The van der Waals surface area contributed by atoms with E-state index in [1.165, 1.54) is 17.6 Å². The highest BCUT2D eigenvalue weighted by molar-refractivity contribution is 7.09. The van der Waals surface area contributed by atoms with Gasteiger partial charge in [-0.2, -0.15) is 0 Å². The van der Waals surface area contributed by atoms with Gasteiger partial charge in [0.05, 0.1) is 6.04 Å². The fourth-order valence-corrected chi connectivity index (χ4v) is 3.52. The standard InChI is InChI=1S/C20H18N4O3S/c1-12-11-28-20(22-12)13(2)23-19(25)15-9-27-17(24-15)10-26-16-7-3-5-14-6-4-8-21-18(14)16/h3-9,11,13H,10H2,1-2H3,(H,23,25). The Morgan fingerprint density at radius 2 is 2.14 bits per heavy atom. The number of hydrogen-bond donors (Lipinski definition) is 1. The number of carbonyl (C=O) groups is 1. The molecule has 4 rings (SSSR count). The van der Waals surface area contributed by atoms with E-state index in [1.807, 2.05) is 49.6 Å². The molecule has 0 saturated heterocycles. The fourth-order valence-electron chi connectivity index (χ4n) is 2.72. The zero-order valence-corrected chi connectivity index (χ0v) is 16.2. The second-order valence-corrected chi connectivity index (χ2v) is 7.16. The molecule has 0 aliphatic carbocycles. The molecule has 1 atom stereocenters. The lowest BCUT2D eigenvalue weighted by molar-refractivity contribution is 0.0934. The summed E-state index contributed by atoms with van der Waals surface area (Å²) in [6.07, 6.45) is 3.04. The van der Waals surface area contributed by atoms with E-state index in [9.17, 15) is 4.79 Å². The predicted octanol–water partition coefficient (Wildman–Crippen LogP) is 4.06. The number of benzene rings is 1. The molecule has 3 aromatic heterocycles. The Morgan fingerprint density at radius 3 is 2.96 bits per heavy atom. The molecule has 142 valence electrons. The molecule has 0 bridgehead atoms. The second kappa shape index (κ2) is 7.77. The van der Waals surface area contributed by atoms with E-state index in [-0.39, 0.29) is 24.2 Å². The van der Waals surface area contributed by atoms with E-state index >= 15 is 0 Å².